The highest BCUT2D eigenvalue weighted by molar-refractivity contribution is 5.36. The fraction of sp³-hybridized carbons (Fsp3) is 0.294. The molecule has 20 heavy (non-hydrogen) atoms. The molecule has 2 aromatic rings. The van der Waals surface area contributed by atoms with Crippen LogP contribution in [0.4, 0.5) is 0 Å². The van der Waals surface area contributed by atoms with Gasteiger partial charge in [0.15, 0.2) is 0 Å². The smallest absolute Gasteiger partial charge is 0.119 e. The number of rotatable bonds is 4. The molecule has 2 aromatic carbocycles. The topological polar surface area (TPSA) is 47.3 Å². The Morgan fingerprint density at radius 2 is 1.80 bits per heavy atom. The predicted molar refractivity (Wildman–Crippen MR) is 80.4 cm³/mol. The van der Waals surface area contributed by atoms with Crippen LogP contribution >= 0.6 is 0 Å². The zero-order valence-electron chi connectivity index (χ0n) is 11.7. The third-order valence-corrected chi connectivity index (χ3v) is 4.19. The number of hydrogen-bond donors (Lipinski definition) is 2. The Balaban J connectivity index is 1.85. The monoisotopic (exact) mass is 268 g/mol. The first kappa shape index (κ1) is 13.2. The molecule has 1 aliphatic carbocycles. The van der Waals surface area contributed by atoms with Crippen molar-refractivity contribution < 1.29 is 4.74 Å². The van der Waals surface area contributed by atoms with E-state index >= 15 is 0 Å². The largest absolute Gasteiger partial charge is 0.497 e. The van der Waals surface area contributed by atoms with Crippen molar-refractivity contribution in [1.29, 1.82) is 0 Å². The molecular weight excluding hydrogens is 248 g/mol. The van der Waals surface area contributed by atoms with E-state index in [1.54, 1.807) is 7.11 Å². The van der Waals surface area contributed by atoms with Gasteiger partial charge in [0.25, 0.3) is 0 Å². The zero-order chi connectivity index (χ0) is 13.9. The molecule has 3 N–H and O–H groups in total. The van der Waals surface area contributed by atoms with Gasteiger partial charge in [-0.2, -0.15) is 0 Å². The quantitative estimate of drug-likeness (QED) is 0.662. The van der Waals surface area contributed by atoms with Crippen LogP contribution in [0.15, 0.2) is 48.5 Å². The summed E-state index contributed by atoms with van der Waals surface area (Å²) >= 11 is 0. The lowest BCUT2D eigenvalue weighted by atomic mass is 9.91. The Bertz CT molecular complexity index is 572. The predicted octanol–water partition coefficient (Wildman–Crippen LogP) is 2.61. The molecule has 104 valence electrons. The summed E-state index contributed by atoms with van der Waals surface area (Å²) in [6.07, 6.45) is 2.14. The van der Waals surface area contributed by atoms with Crippen molar-refractivity contribution in [3.63, 3.8) is 0 Å². The molecule has 3 nitrogen and oxygen atoms in total. The number of benzene rings is 2. The van der Waals surface area contributed by atoms with Crippen molar-refractivity contribution in [2.24, 2.45) is 11.8 Å². The normalized spacial score (nSPS) is 15.9. The summed E-state index contributed by atoms with van der Waals surface area (Å²) in [5.74, 6) is 7.18. The molecule has 0 fully saturated rings. The van der Waals surface area contributed by atoms with Gasteiger partial charge in [-0.3, -0.25) is 11.3 Å². The van der Waals surface area contributed by atoms with Crippen LogP contribution < -0.4 is 16.0 Å². The second kappa shape index (κ2) is 5.65. The maximum absolute atomic E-state index is 5.82. The van der Waals surface area contributed by atoms with E-state index in [1.807, 2.05) is 12.1 Å². The van der Waals surface area contributed by atoms with Crippen molar-refractivity contribution >= 4 is 0 Å². The number of methoxy groups -OCH3 is 1. The van der Waals surface area contributed by atoms with Crippen LogP contribution in [0.5, 0.6) is 5.75 Å². The van der Waals surface area contributed by atoms with Gasteiger partial charge >= 0.3 is 0 Å². The van der Waals surface area contributed by atoms with Gasteiger partial charge in [-0.15, -0.1) is 0 Å². The maximum atomic E-state index is 5.82. The second-order valence-electron chi connectivity index (χ2n) is 5.36. The van der Waals surface area contributed by atoms with E-state index in [1.165, 1.54) is 16.7 Å². The van der Waals surface area contributed by atoms with Crippen LogP contribution in [0.2, 0.25) is 0 Å². The number of nitrogens with two attached hydrogens (primary N) is 1. The fourth-order valence-electron chi connectivity index (χ4n) is 3.17. The first-order valence-electron chi connectivity index (χ1n) is 6.98. The first-order chi connectivity index (χ1) is 9.81. The van der Waals surface area contributed by atoms with E-state index in [0.717, 1.165) is 18.6 Å². The lowest BCUT2D eigenvalue weighted by Gasteiger charge is -2.23. The minimum absolute atomic E-state index is 0.150. The second-order valence-corrected chi connectivity index (χ2v) is 5.36. The summed E-state index contributed by atoms with van der Waals surface area (Å²) in [5, 5.41) is 0. The molecule has 0 saturated carbocycles. The number of nitrogens with one attached hydrogen (secondary N) is 1. The Morgan fingerprint density at radius 3 is 2.40 bits per heavy atom. The van der Waals surface area contributed by atoms with Gasteiger partial charge in [-0.05, 0) is 47.6 Å². The molecular formula is C17H20N2O. The van der Waals surface area contributed by atoms with Gasteiger partial charge in [0.1, 0.15) is 5.75 Å². The summed E-state index contributed by atoms with van der Waals surface area (Å²) in [6.45, 7) is 0. The first-order valence-corrected chi connectivity index (χ1v) is 6.98. The number of hydrazine groups is 1. The zero-order valence-corrected chi connectivity index (χ0v) is 11.7. The highest BCUT2D eigenvalue weighted by Gasteiger charge is 2.29. The van der Waals surface area contributed by atoms with Gasteiger partial charge in [0.2, 0.25) is 0 Å². The Morgan fingerprint density at radius 1 is 1.10 bits per heavy atom. The minimum atomic E-state index is 0.150. The van der Waals surface area contributed by atoms with Crippen molar-refractivity contribution in [3.8, 4) is 5.75 Å². The average Bonchev–Trinajstić information content (AvgIpc) is 2.91. The van der Waals surface area contributed by atoms with Gasteiger partial charge < -0.3 is 4.74 Å². The molecule has 1 atom stereocenters. The van der Waals surface area contributed by atoms with Gasteiger partial charge in [0.05, 0.1) is 7.11 Å². The standard InChI is InChI=1S/C17H20N2O/c1-20-16-8-4-7-14(11-16)17(19-18)15-9-12-5-2-3-6-13(12)10-15/h2-8,11,15,17,19H,9-10,18H2,1H3. The molecule has 0 aromatic heterocycles. The fourth-order valence-corrected chi connectivity index (χ4v) is 3.17. The van der Waals surface area contributed by atoms with Crippen molar-refractivity contribution in [2.75, 3.05) is 7.11 Å². The minimum Gasteiger partial charge on any atom is -0.497 e. The summed E-state index contributed by atoms with van der Waals surface area (Å²) in [7, 11) is 1.69. The van der Waals surface area contributed by atoms with Crippen LogP contribution in [0, 0.1) is 5.92 Å². The van der Waals surface area contributed by atoms with E-state index in [9.17, 15) is 0 Å². The molecule has 0 heterocycles. The molecule has 1 aliphatic rings. The molecule has 3 heteroatoms. The van der Waals surface area contributed by atoms with Crippen molar-refractivity contribution in [1.82, 2.24) is 5.43 Å². The summed E-state index contributed by atoms with van der Waals surface area (Å²) in [4.78, 5) is 0. The molecule has 0 saturated heterocycles. The molecule has 0 amide bonds. The lowest BCUT2D eigenvalue weighted by Crippen LogP contribution is -2.34. The maximum Gasteiger partial charge on any atom is 0.119 e. The van der Waals surface area contributed by atoms with Crippen LogP contribution in [-0.4, -0.2) is 7.11 Å². The summed E-state index contributed by atoms with van der Waals surface area (Å²) in [6, 6.07) is 16.9. The van der Waals surface area contributed by atoms with Gasteiger partial charge in [-0.25, -0.2) is 0 Å². The summed E-state index contributed by atoms with van der Waals surface area (Å²) in [5.41, 5.74) is 7.07. The van der Waals surface area contributed by atoms with Crippen molar-refractivity contribution in [2.45, 2.75) is 18.9 Å². The highest BCUT2D eigenvalue weighted by atomic mass is 16.5. The van der Waals surface area contributed by atoms with Crippen LogP contribution in [-0.2, 0) is 12.8 Å². The number of fused-ring (bicyclic) bond motifs is 1. The molecule has 0 bridgehead atoms. The Labute approximate surface area is 119 Å². The summed E-state index contributed by atoms with van der Waals surface area (Å²) < 4.78 is 5.31. The Hall–Kier alpha value is -1.84. The molecule has 1 unspecified atom stereocenters. The van der Waals surface area contributed by atoms with Crippen molar-refractivity contribution in [3.05, 3.63) is 65.2 Å². The third kappa shape index (κ3) is 2.42. The molecule has 0 aliphatic heterocycles. The van der Waals surface area contributed by atoms with Crippen LogP contribution in [0.1, 0.15) is 22.7 Å². The lowest BCUT2D eigenvalue weighted by molar-refractivity contribution is 0.375. The van der Waals surface area contributed by atoms with E-state index in [0.29, 0.717) is 5.92 Å². The van der Waals surface area contributed by atoms with Crippen LogP contribution in [0.3, 0.4) is 0 Å². The van der Waals surface area contributed by atoms with Gasteiger partial charge in [0, 0.05) is 6.04 Å². The van der Waals surface area contributed by atoms with Gasteiger partial charge in [-0.1, -0.05) is 36.4 Å². The number of ether oxygens (including phenoxy) is 1. The Kier molecular flexibility index (Phi) is 3.72. The average molecular weight is 268 g/mol. The SMILES string of the molecule is COc1cccc(C(NN)C2Cc3ccccc3C2)c1. The van der Waals surface area contributed by atoms with E-state index in [2.05, 4.69) is 41.8 Å². The molecule has 0 radical (unpaired) electrons. The molecule has 0 spiro atoms. The van der Waals surface area contributed by atoms with Crippen LogP contribution in [0.25, 0.3) is 0 Å². The van der Waals surface area contributed by atoms with E-state index < -0.39 is 0 Å². The van der Waals surface area contributed by atoms with E-state index in [-0.39, 0.29) is 6.04 Å². The highest BCUT2D eigenvalue weighted by Crippen LogP contribution is 2.35. The van der Waals surface area contributed by atoms with E-state index in [4.69, 9.17) is 10.6 Å². The molecule has 3 rings (SSSR count). The third-order valence-electron chi connectivity index (χ3n) is 4.19. The number of hydrogen-bond acceptors (Lipinski definition) is 3.